The lowest BCUT2D eigenvalue weighted by Gasteiger charge is -2.12. The van der Waals surface area contributed by atoms with Crippen LogP contribution in [0.25, 0.3) is 0 Å². The largest absolute Gasteiger partial charge is 0.457 e. The number of hydrogen-bond donors (Lipinski definition) is 2. The molecular formula is C18H16F3N5O2S. The number of rotatable bonds is 6. The molecule has 1 aromatic heterocycles. The molecule has 152 valence electrons. The van der Waals surface area contributed by atoms with Gasteiger partial charge in [0.15, 0.2) is 0 Å². The van der Waals surface area contributed by atoms with Crippen LogP contribution >= 0.6 is 11.8 Å². The maximum atomic E-state index is 12.7. The summed E-state index contributed by atoms with van der Waals surface area (Å²) >= 11 is 0.767. The van der Waals surface area contributed by atoms with Crippen molar-refractivity contribution in [1.29, 1.82) is 0 Å². The maximum absolute atomic E-state index is 12.7. The lowest BCUT2D eigenvalue weighted by atomic mass is 10.3. The number of ether oxygens (including phenoxy) is 1. The van der Waals surface area contributed by atoms with Gasteiger partial charge in [-0.25, -0.2) is 4.68 Å². The quantitative estimate of drug-likeness (QED) is 0.461. The fraction of sp³-hybridized carbons (Fsp3) is 0.167. The van der Waals surface area contributed by atoms with E-state index in [1.807, 2.05) is 30.3 Å². The first-order valence-corrected chi connectivity index (χ1v) is 9.20. The van der Waals surface area contributed by atoms with Crippen molar-refractivity contribution in [1.82, 2.24) is 14.9 Å². The predicted octanol–water partition coefficient (Wildman–Crippen LogP) is 3.92. The molecule has 1 amide bonds. The SMILES string of the molecule is C[C@@H](Sc1nnc(C(F)(F)F)n1N)C(=O)Nc1ccc(Oc2ccccc2)cc1. The lowest BCUT2D eigenvalue weighted by Crippen LogP contribution is -2.25. The fourth-order valence-electron chi connectivity index (χ4n) is 2.24. The molecule has 0 radical (unpaired) electrons. The number of halogens is 3. The third-order valence-corrected chi connectivity index (χ3v) is 4.73. The molecule has 3 rings (SSSR count). The molecule has 0 fully saturated rings. The minimum atomic E-state index is -4.73. The van der Waals surface area contributed by atoms with Gasteiger partial charge in [-0.05, 0) is 43.3 Å². The molecule has 0 saturated heterocycles. The Hall–Kier alpha value is -3.21. The van der Waals surface area contributed by atoms with Crippen molar-refractivity contribution in [3.63, 3.8) is 0 Å². The zero-order valence-electron chi connectivity index (χ0n) is 15.1. The van der Waals surface area contributed by atoms with Crippen LogP contribution < -0.4 is 15.9 Å². The van der Waals surface area contributed by atoms with Crippen LogP contribution in [-0.2, 0) is 11.0 Å². The normalized spacial score (nSPS) is 12.4. The number of anilines is 1. The van der Waals surface area contributed by atoms with Gasteiger partial charge in [0.2, 0.25) is 11.1 Å². The number of aromatic nitrogens is 3. The molecule has 1 heterocycles. The van der Waals surface area contributed by atoms with E-state index in [1.165, 1.54) is 6.92 Å². The first-order valence-electron chi connectivity index (χ1n) is 8.32. The van der Waals surface area contributed by atoms with Gasteiger partial charge in [-0.2, -0.15) is 13.2 Å². The first kappa shape index (κ1) is 20.5. The highest BCUT2D eigenvalue weighted by Gasteiger charge is 2.38. The summed E-state index contributed by atoms with van der Waals surface area (Å²) in [6, 6.07) is 15.9. The number of benzene rings is 2. The van der Waals surface area contributed by atoms with Gasteiger partial charge in [-0.15, -0.1) is 10.2 Å². The Labute approximate surface area is 168 Å². The molecule has 1 atom stereocenters. The van der Waals surface area contributed by atoms with Crippen LogP contribution in [0, 0.1) is 0 Å². The van der Waals surface area contributed by atoms with Gasteiger partial charge < -0.3 is 15.9 Å². The van der Waals surface area contributed by atoms with Crippen LogP contribution in [0.3, 0.4) is 0 Å². The molecule has 3 N–H and O–H groups in total. The Bertz CT molecular complexity index is 977. The molecule has 0 spiro atoms. The summed E-state index contributed by atoms with van der Waals surface area (Å²) in [5, 5.41) is 8.12. The Morgan fingerprint density at radius 1 is 1.10 bits per heavy atom. The van der Waals surface area contributed by atoms with Crippen LogP contribution in [0.15, 0.2) is 59.8 Å². The second kappa shape index (κ2) is 8.43. The van der Waals surface area contributed by atoms with Crippen molar-refractivity contribution in [3.05, 3.63) is 60.4 Å². The van der Waals surface area contributed by atoms with E-state index in [2.05, 4.69) is 15.5 Å². The number of nitrogen functional groups attached to an aromatic ring is 1. The number of hydrogen-bond acceptors (Lipinski definition) is 6. The van der Waals surface area contributed by atoms with E-state index in [4.69, 9.17) is 10.6 Å². The Morgan fingerprint density at radius 2 is 1.72 bits per heavy atom. The molecular weight excluding hydrogens is 407 g/mol. The monoisotopic (exact) mass is 423 g/mol. The maximum Gasteiger partial charge on any atom is 0.453 e. The van der Waals surface area contributed by atoms with Gasteiger partial charge >= 0.3 is 6.18 Å². The van der Waals surface area contributed by atoms with Crippen molar-refractivity contribution in [2.24, 2.45) is 0 Å². The molecule has 0 aliphatic carbocycles. The van der Waals surface area contributed by atoms with Crippen molar-refractivity contribution in [3.8, 4) is 11.5 Å². The molecule has 7 nitrogen and oxygen atoms in total. The average molecular weight is 423 g/mol. The number of nitrogens with one attached hydrogen (secondary N) is 1. The highest BCUT2D eigenvalue weighted by molar-refractivity contribution is 8.00. The minimum absolute atomic E-state index is 0.216. The molecule has 0 aliphatic heterocycles. The molecule has 3 aromatic rings. The van der Waals surface area contributed by atoms with Crippen LogP contribution in [0.4, 0.5) is 18.9 Å². The van der Waals surface area contributed by atoms with E-state index in [9.17, 15) is 18.0 Å². The van der Waals surface area contributed by atoms with Crippen LogP contribution in [0.1, 0.15) is 12.7 Å². The van der Waals surface area contributed by atoms with E-state index < -0.39 is 23.2 Å². The van der Waals surface area contributed by atoms with E-state index >= 15 is 0 Å². The summed E-state index contributed by atoms with van der Waals surface area (Å²) in [4.78, 5) is 12.3. The first-order chi connectivity index (χ1) is 13.7. The molecule has 29 heavy (non-hydrogen) atoms. The Kier molecular flexibility index (Phi) is 5.97. The fourth-order valence-corrected chi connectivity index (χ4v) is 3.01. The van der Waals surface area contributed by atoms with Crippen molar-refractivity contribution in [2.75, 3.05) is 11.2 Å². The number of amides is 1. The summed E-state index contributed by atoms with van der Waals surface area (Å²) in [5.74, 6) is 4.89. The van der Waals surface area contributed by atoms with E-state index in [0.29, 0.717) is 21.9 Å². The molecule has 0 saturated carbocycles. The van der Waals surface area contributed by atoms with E-state index in [1.54, 1.807) is 24.3 Å². The zero-order chi connectivity index (χ0) is 21.0. The number of carbonyl (C=O) groups is 1. The highest BCUT2D eigenvalue weighted by Crippen LogP contribution is 2.30. The molecule has 11 heteroatoms. The number of carbonyl (C=O) groups excluding carboxylic acids is 1. The third-order valence-electron chi connectivity index (χ3n) is 3.67. The topological polar surface area (TPSA) is 95.1 Å². The summed E-state index contributed by atoms with van der Waals surface area (Å²) in [7, 11) is 0. The van der Waals surface area contributed by atoms with Gasteiger partial charge in [0.25, 0.3) is 5.82 Å². The minimum Gasteiger partial charge on any atom is -0.457 e. The number of para-hydroxylation sites is 1. The molecule has 2 aromatic carbocycles. The van der Waals surface area contributed by atoms with E-state index in [0.717, 1.165) is 11.8 Å². The predicted molar refractivity (Wildman–Crippen MR) is 102 cm³/mol. The smallest absolute Gasteiger partial charge is 0.453 e. The average Bonchev–Trinajstić information content (AvgIpc) is 3.05. The third kappa shape index (κ3) is 5.19. The van der Waals surface area contributed by atoms with Crippen LogP contribution in [-0.4, -0.2) is 26.0 Å². The van der Waals surface area contributed by atoms with Crippen LogP contribution in [0.5, 0.6) is 11.5 Å². The van der Waals surface area contributed by atoms with Crippen LogP contribution in [0.2, 0.25) is 0 Å². The molecule has 0 unspecified atom stereocenters. The lowest BCUT2D eigenvalue weighted by molar-refractivity contribution is -0.146. The van der Waals surface area contributed by atoms with E-state index in [-0.39, 0.29) is 5.16 Å². The van der Waals surface area contributed by atoms with Gasteiger partial charge in [-0.1, -0.05) is 30.0 Å². The summed E-state index contributed by atoms with van der Waals surface area (Å²) < 4.78 is 44.1. The number of alkyl halides is 3. The highest BCUT2D eigenvalue weighted by atomic mass is 32.2. The Morgan fingerprint density at radius 3 is 2.31 bits per heavy atom. The van der Waals surface area contributed by atoms with Crippen molar-refractivity contribution < 1.29 is 22.7 Å². The number of thioether (sulfide) groups is 1. The number of nitrogens with zero attached hydrogens (tertiary/aromatic N) is 3. The van der Waals surface area contributed by atoms with Gasteiger partial charge in [0.1, 0.15) is 11.5 Å². The second-order valence-electron chi connectivity index (χ2n) is 5.86. The van der Waals surface area contributed by atoms with Gasteiger partial charge in [0, 0.05) is 5.69 Å². The Balaban J connectivity index is 1.59. The molecule has 0 bridgehead atoms. The zero-order valence-corrected chi connectivity index (χ0v) is 15.9. The number of nitrogens with two attached hydrogens (primary N) is 1. The molecule has 0 aliphatic rings. The van der Waals surface area contributed by atoms with Gasteiger partial charge in [0.05, 0.1) is 5.25 Å². The standard InChI is InChI=1S/C18H16F3N5O2S/c1-11(29-17-25-24-16(26(17)22)18(19,20)21)15(27)23-12-7-9-14(10-8-12)28-13-5-3-2-4-6-13/h2-11H,22H2,1H3,(H,23,27)/t11-/m1/s1. The van der Waals surface area contributed by atoms with Crippen molar-refractivity contribution in [2.45, 2.75) is 23.5 Å². The summed E-state index contributed by atoms with van der Waals surface area (Å²) in [6.45, 7) is 1.52. The van der Waals surface area contributed by atoms with Crippen molar-refractivity contribution >= 4 is 23.4 Å². The summed E-state index contributed by atoms with van der Waals surface area (Å²) in [6.07, 6.45) is -4.73. The summed E-state index contributed by atoms with van der Waals surface area (Å²) in [5.41, 5.74) is 0.507. The van der Waals surface area contributed by atoms with Gasteiger partial charge in [-0.3, -0.25) is 4.79 Å². The second-order valence-corrected chi connectivity index (χ2v) is 7.17.